The number of hydrogen-bond acceptors (Lipinski definition) is 4. The molecule has 0 atom stereocenters. The molecular weight excluding hydrogens is 565 g/mol. The third-order valence-electron chi connectivity index (χ3n) is 6.34. The minimum absolute atomic E-state index is 0.117. The Hall–Kier alpha value is -3.50. The van der Waals surface area contributed by atoms with Crippen molar-refractivity contribution in [3.8, 4) is 11.3 Å². The number of amides is 3. The normalized spacial score (nSPS) is 14.0. The summed E-state index contributed by atoms with van der Waals surface area (Å²) >= 11 is 2.30. The highest BCUT2D eigenvalue weighted by Gasteiger charge is 2.19. The summed E-state index contributed by atoms with van der Waals surface area (Å²) in [7, 11) is 2.05. The molecule has 4 aromatic rings. The van der Waals surface area contributed by atoms with Gasteiger partial charge in [0.05, 0.1) is 5.69 Å². The van der Waals surface area contributed by atoms with E-state index in [0.29, 0.717) is 30.0 Å². The lowest BCUT2D eigenvalue weighted by Gasteiger charge is -2.32. The smallest absolute Gasteiger partial charge is 0.321 e. The van der Waals surface area contributed by atoms with E-state index in [1.807, 2.05) is 42.6 Å². The Labute approximate surface area is 223 Å². The van der Waals surface area contributed by atoms with Gasteiger partial charge in [-0.15, -0.1) is 0 Å². The van der Waals surface area contributed by atoms with E-state index in [9.17, 15) is 9.59 Å². The number of urea groups is 1. The molecule has 0 radical (unpaired) electrons. The molecular formula is C28H26IN5O2. The minimum atomic E-state index is -0.218. The van der Waals surface area contributed by atoms with E-state index in [1.165, 1.54) is 0 Å². The summed E-state index contributed by atoms with van der Waals surface area (Å²) in [5.41, 5.74) is 3.71. The zero-order chi connectivity index (χ0) is 25.1. The lowest BCUT2D eigenvalue weighted by molar-refractivity contribution is 0.102. The number of piperazine rings is 1. The average molecular weight is 591 g/mol. The number of carbonyl (C=O) groups is 2. The average Bonchev–Trinajstić information content (AvgIpc) is 2.90. The minimum Gasteiger partial charge on any atom is -0.322 e. The molecule has 1 aliphatic heterocycles. The van der Waals surface area contributed by atoms with Gasteiger partial charge in [-0.3, -0.25) is 9.78 Å². The van der Waals surface area contributed by atoms with Crippen LogP contribution in [0.25, 0.3) is 22.0 Å². The van der Waals surface area contributed by atoms with Crippen molar-refractivity contribution < 1.29 is 9.59 Å². The van der Waals surface area contributed by atoms with E-state index in [0.717, 1.165) is 38.7 Å². The number of anilines is 2. The van der Waals surface area contributed by atoms with Gasteiger partial charge in [-0.1, -0.05) is 24.3 Å². The van der Waals surface area contributed by atoms with Crippen molar-refractivity contribution in [3.05, 3.63) is 88.1 Å². The van der Waals surface area contributed by atoms with Gasteiger partial charge >= 0.3 is 6.03 Å². The van der Waals surface area contributed by atoms with Crippen LogP contribution >= 0.6 is 22.6 Å². The van der Waals surface area contributed by atoms with Crippen molar-refractivity contribution in [2.24, 2.45) is 0 Å². The number of halogens is 1. The molecule has 182 valence electrons. The lowest BCUT2D eigenvalue weighted by atomic mass is 10.0. The van der Waals surface area contributed by atoms with Crippen LogP contribution in [-0.4, -0.2) is 59.9 Å². The number of likely N-dealkylation sites (N-methyl/N-ethyl adjacent to an activating group) is 1. The Morgan fingerprint density at radius 2 is 1.58 bits per heavy atom. The number of fused-ring (bicyclic) bond motifs is 1. The summed E-state index contributed by atoms with van der Waals surface area (Å²) in [5, 5.41) is 8.09. The van der Waals surface area contributed by atoms with Crippen molar-refractivity contribution in [2.45, 2.75) is 0 Å². The summed E-state index contributed by atoms with van der Waals surface area (Å²) in [4.78, 5) is 34.1. The first-order valence-corrected chi connectivity index (χ1v) is 12.9. The highest BCUT2D eigenvalue weighted by molar-refractivity contribution is 14.1. The topological polar surface area (TPSA) is 77.6 Å². The third kappa shape index (κ3) is 5.34. The fraction of sp³-hybridized carbons (Fsp3) is 0.179. The molecule has 0 saturated carbocycles. The van der Waals surface area contributed by atoms with E-state index in [2.05, 4.69) is 62.3 Å². The van der Waals surface area contributed by atoms with Gasteiger partial charge < -0.3 is 20.4 Å². The predicted octanol–water partition coefficient (Wildman–Crippen LogP) is 5.54. The fourth-order valence-electron chi connectivity index (χ4n) is 4.24. The summed E-state index contributed by atoms with van der Waals surface area (Å²) in [5.74, 6) is -0.218. The van der Waals surface area contributed by atoms with Crippen LogP contribution in [0.2, 0.25) is 0 Å². The van der Waals surface area contributed by atoms with Gasteiger partial charge in [-0.2, -0.15) is 0 Å². The predicted molar refractivity (Wildman–Crippen MR) is 152 cm³/mol. The van der Waals surface area contributed by atoms with Crippen LogP contribution in [0.4, 0.5) is 16.2 Å². The second kappa shape index (κ2) is 10.6. The van der Waals surface area contributed by atoms with Crippen LogP contribution < -0.4 is 10.6 Å². The maximum Gasteiger partial charge on any atom is 0.321 e. The Balaban J connectivity index is 1.29. The summed E-state index contributed by atoms with van der Waals surface area (Å²) < 4.78 is 1.05. The van der Waals surface area contributed by atoms with E-state index < -0.39 is 0 Å². The van der Waals surface area contributed by atoms with E-state index in [-0.39, 0.29) is 11.9 Å². The lowest BCUT2D eigenvalue weighted by Crippen LogP contribution is -2.48. The van der Waals surface area contributed by atoms with Crippen molar-refractivity contribution >= 4 is 56.7 Å². The largest absolute Gasteiger partial charge is 0.322 e. The zero-order valence-electron chi connectivity index (χ0n) is 19.9. The first kappa shape index (κ1) is 24.2. The Morgan fingerprint density at radius 1 is 0.861 bits per heavy atom. The van der Waals surface area contributed by atoms with Gasteiger partial charge in [-0.05, 0) is 83.6 Å². The number of pyridine rings is 1. The SMILES string of the molecule is CN1CCN(C(=O)Nc2ccc(C(=O)Nc3ccc(I)c(-c4nccc5ccccc45)c3)cc2)CC1. The number of nitrogens with one attached hydrogen (secondary N) is 2. The molecule has 0 spiro atoms. The molecule has 7 nitrogen and oxygen atoms in total. The summed E-state index contributed by atoms with van der Waals surface area (Å²) in [6, 6.07) is 22.8. The van der Waals surface area contributed by atoms with E-state index in [1.54, 1.807) is 29.2 Å². The van der Waals surface area contributed by atoms with Gasteiger partial charge in [0.25, 0.3) is 5.91 Å². The van der Waals surface area contributed by atoms with Gasteiger partial charge in [0.1, 0.15) is 0 Å². The van der Waals surface area contributed by atoms with Crippen LogP contribution in [0.5, 0.6) is 0 Å². The van der Waals surface area contributed by atoms with Crippen LogP contribution in [0.15, 0.2) is 79.0 Å². The Kier molecular flexibility index (Phi) is 7.15. The number of hydrogen-bond donors (Lipinski definition) is 2. The second-order valence-corrected chi connectivity index (χ2v) is 9.99. The molecule has 3 amide bonds. The first-order valence-electron chi connectivity index (χ1n) is 11.8. The molecule has 1 fully saturated rings. The molecule has 1 saturated heterocycles. The van der Waals surface area contributed by atoms with Crippen LogP contribution in [0.3, 0.4) is 0 Å². The van der Waals surface area contributed by atoms with E-state index >= 15 is 0 Å². The molecule has 0 bridgehead atoms. The molecule has 3 aromatic carbocycles. The van der Waals surface area contributed by atoms with Crippen molar-refractivity contribution in [1.29, 1.82) is 0 Å². The number of aromatic nitrogens is 1. The van der Waals surface area contributed by atoms with Crippen LogP contribution in [0, 0.1) is 3.57 Å². The molecule has 8 heteroatoms. The number of nitrogens with zero attached hydrogens (tertiary/aromatic N) is 3. The molecule has 2 heterocycles. The monoisotopic (exact) mass is 591 g/mol. The Morgan fingerprint density at radius 3 is 2.36 bits per heavy atom. The molecule has 1 aromatic heterocycles. The van der Waals surface area contributed by atoms with Crippen LogP contribution in [-0.2, 0) is 0 Å². The number of benzene rings is 3. The maximum atomic E-state index is 12.9. The van der Waals surface area contributed by atoms with Gasteiger partial charge in [-0.25, -0.2) is 4.79 Å². The van der Waals surface area contributed by atoms with Crippen molar-refractivity contribution in [2.75, 3.05) is 43.9 Å². The molecule has 2 N–H and O–H groups in total. The zero-order valence-corrected chi connectivity index (χ0v) is 22.0. The van der Waals surface area contributed by atoms with Gasteiger partial charge in [0.2, 0.25) is 0 Å². The summed E-state index contributed by atoms with van der Waals surface area (Å²) in [6.07, 6.45) is 1.81. The quantitative estimate of drug-likeness (QED) is 0.306. The molecule has 5 rings (SSSR count). The summed E-state index contributed by atoms with van der Waals surface area (Å²) in [6.45, 7) is 3.14. The second-order valence-electron chi connectivity index (χ2n) is 8.83. The van der Waals surface area contributed by atoms with Crippen molar-refractivity contribution in [3.63, 3.8) is 0 Å². The third-order valence-corrected chi connectivity index (χ3v) is 7.28. The Bertz CT molecular complexity index is 1410. The number of carbonyl (C=O) groups excluding carboxylic acids is 2. The maximum absolute atomic E-state index is 12.9. The molecule has 1 aliphatic rings. The van der Waals surface area contributed by atoms with Gasteiger partial charge in [0.15, 0.2) is 0 Å². The van der Waals surface area contributed by atoms with Crippen molar-refractivity contribution in [1.82, 2.24) is 14.8 Å². The van der Waals surface area contributed by atoms with Gasteiger partial charge in [0, 0.05) is 63.8 Å². The molecule has 0 aliphatic carbocycles. The van der Waals surface area contributed by atoms with E-state index in [4.69, 9.17) is 0 Å². The molecule has 0 unspecified atom stereocenters. The first-order chi connectivity index (χ1) is 17.5. The highest BCUT2D eigenvalue weighted by Crippen LogP contribution is 2.32. The standard InChI is InChI=1S/C28H26IN5O2/c1-33-14-16-34(17-15-33)28(36)32-21-8-6-20(7-9-21)27(35)31-22-10-11-25(29)24(18-22)26-23-5-3-2-4-19(23)12-13-30-26/h2-13,18H,14-17H2,1H3,(H,31,35)(H,32,36). The molecule has 36 heavy (non-hydrogen) atoms. The fourth-order valence-corrected chi connectivity index (χ4v) is 4.83. The number of rotatable bonds is 4. The highest BCUT2D eigenvalue weighted by atomic mass is 127. The van der Waals surface area contributed by atoms with Crippen LogP contribution in [0.1, 0.15) is 10.4 Å².